The van der Waals surface area contributed by atoms with Crippen LogP contribution in [0.3, 0.4) is 0 Å². The van der Waals surface area contributed by atoms with Gasteiger partial charge in [-0.05, 0) is 49.7 Å². The highest BCUT2D eigenvalue weighted by Gasteiger charge is 2.15. The van der Waals surface area contributed by atoms with Crippen LogP contribution in [0.15, 0.2) is 54.9 Å². The van der Waals surface area contributed by atoms with Gasteiger partial charge < -0.3 is 5.32 Å². The predicted molar refractivity (Wildman–Crippen MR) is 109 cm³/mol. The smallest absolute Gasteiger partial charge is 0.251 e. The average molecular weight is 398 g/mol. The van der Waals surface area contributed by atoms with Gasteiger partial charge in [0.1, 0.15) is 0 Å². The van der Waals surface area contributed by atoms with Gasteiger partial charge in [-0.15, -0.1) is 0 Å². The molecular weight excluding hydrogens is 376 g/mol. The fraction of sp³-hybridized carbons (Fsp3) is 0.200. The number of nitrogens with zero attached hydrogens (tertiary/aromatic N) is 3. The Balaban J connectivity index is 1.88. The molecule has 0 saturated carbocycles. The molecule has 0 fully saturated rings. The molecule has 0 unspecified atom stereocenters. The fourth-order valence-corrected chi connectivity index (χ4v) is 3.51. The number of nitrogens with one attached hydrogen (secondary N) is 1. The number of hydrogen-bond acceptors (Lipinski definition) is 4. The Morgan fingerprint density at radius 3 is 2.39 bits per heavy atom. The molecule has 0 aliphatic rings. The zero-order chi connectivity index (χ0) is 20.3. The van der Waals surface area contributed by atoms with Crippen molar-refractivity contribution < 1.29 is 13.2 Å². The van der Waals surface area contributed by atoms with Crippen molar-refractivity contribution in [3.8, 4) is 0 Å². The molecule has 0 saturated heterocycles. The van der Waals surface area contributed by atoms with Crippen molar-refractivity contribution in [2.75, 3.05) is 4.31 Å². The summed E-state index contributed by atoms with van der Waals surface area (Å²) in [5.41, 5.74) is 4.04. The van der Waals surface area contributed by atoms with Crippen LogP contribution in [-0.4, -0.2) is 24.1 Å². The van der Waals surface area contributed by atoms with Crippen LogP contribution in [0.25, 0.3) is 0 Å². The Morgan fingerprint density at radius 1 is 1.07 bits per heavy atom. The molecular formula is C20H22N4O3S. The van der Waals surface area contributed by atoms with Crippen molar-refractivity contribution in [3.63, 3.8) is 0 Å². The second kappa shape index (κ2) is 8.26. The highest BCUT2D eigenvalue weighted by molar-refractivity contribution is 7.74. The predicted octanol–water partition coefficient (Wildman–Crippen LogP) is 2.63. The van der Waals surface area contributed by atoms with Crippen LogP contribution in [0.4, 0.5) is 11.4 Å². The Morgan fingerprint density at radius 2 is 1.79 bits per heavy atom. The van der Waals surface area contributed by atoms with Crippen molar-refractivity contribution in [1.82, 2.24) is 15.1 Å². The van der Waals surface area contributed by atoms with Gasteiger partial charge in [0, 0.05) is 30.9 Å². The SMILES string of the molecule is Cc1ccc(N(c2cc(C)cc(C(=O)NCc3cnn(C)c3)c2)[SH](=O)=O)cc1. The maximum atomic E-state index is 12.6. The van der Waals surface area contributed by atoms with E-state index in [1.807, 2.05) is 39.2 Å². The molecule has 146 valence electrons. The van der Waals surface area contributed by atoms with Crippen molar-refractivity contribution in [3.05, 3.63) is 77.1 Å². The van der Waals surface area contributed by atoms with Crippen molar-refractivity contribution in [1.29, 1.82) is 0 Å². The molecule has 3 aromatic rings. The number of benzene rings is 2. The molecule has 1 N–H and O–H groups in total. The van der Waals surface area contributed by atoms with E-state index < -0.39 is 10.9 Å². The minimum absolute atomic E-state index is 0.279. The summed E-state index contributed by atoms with van der Waals surface area (Å²) in [6, 6.07) is 12.2. The number of carbonyl (C=O) groups is 1. The lowest BCUT2D eigenvalue weighted by atomic mass is 10.1. The van der Waals surface area contributed by atoms with E-state index in [1.54, 1.807) is 41.2 Å². The topological polar surface area (TPSA) is 84.3 Å². The van der Waals surface area contributed by atoms with Crippen molar-refractivity contribution >= 4 is 28.2 Å². The second-order valence-electron chi connectivity index (χ2n) is 6.65. The van der Waals surface area contributed by atoms with E-state index in [2.05, 4.69) is 10.4 Å². The number of thiol groups is 1. The van der Waals surface area contributed by atoms with Crippen molar-refractivity contribution in [2.45, 2.75) is 20.4 Å². The molecule has 7 nitrogen and oxygen atoms in total. The van der Waals surface area contributed by atoms with Gasteiger partial charge in [0.05, 0.1) is 17.6 Å². The Bertz CT molecular complexity index is 1060. The number of amides is 1. The number of rotatable bonds is 6. The maximum absolute atomic E-state index is 12.6. The van der Waals surface area contributed by atoms with Crippen LogP contribution in [0.5, 0.6) is 0 Å². The Kier molecular flexibility index (Phi) is 5.79. The van der Waals surface area contributed by atoms with E-state index in [0.717, 1.165) is 16.7 Å². The first-order chi connectivity index (χ1) is 13.3. The quantitative estimate of drug-likeness (QED) is 0.625. The lowest BCUT2D eigenvalue weighted by Crippen LogP contribution is -2.23. The highest BCUT2D eigenvalue weighted by atomic mass is 32.2. The summed E-state index contributed by atoms with van der Waals surface area (Å²) in [5.74, 6) is -0.279. The second-order valence-corrected chi connectivity index (χ2v) is 7.52. The van der Waals surface area contributed by atoms with Crippen LogP contribution < -0.4 is 9.62 Å². The fourth-order valence-electron chi connectivity index (χ4n) is 2.89. The van der Waals surface area contributed by atoms with E-state index in [1.165, 1.54) is 4.31 Å². The lowest BCUT2D eigenvalue weighted by Gasteiger charge is -2.19. The molecule has 0 aliphatic carbocycles. The van der Waals surface area contributed by atoms with E-state index in [-0.39, 0.29) is 5.91 Å². The van der Waals surface area contributed by atoms with Gasteiger partial charge in [-0.1, -0.05) is 17.7 Å². The minimum Gasteiger partial charge on any atom is -0.348 e. The summed E-state index contributed by atoms with van der Waals surface area (Å²) in [6.07, 6.45) is 3.51. The normalized spacial score (nSPS) is 10.9. The minimum atomic E-state index is -2.92. The maximum Gasteiger partial charge on any atom is 0.251 e. The molecule has 0 radical (unpaired) electrons. The van der Waals surface area contributed by atoms with Crippen LogP contribution >= 0.6 is 0 Å². The number of aromatic nitrogens is 2. The molecule has 28 heavy (non-hydrogen) atoms. The van der Waals surface area contributed by atoms with Crippen molar-refractivity contribution in [2.24, 2.45) is 7.05 Å². The number of hydrogen-bond donors (Lipinski definition) is 2. The zero-order valence-corrected chi connectivity index (χ0v) is 16.8. The molecule has 0 spiro atoms. The third-order valence-corrected chi connectivity index (χ3v) is 5.01. The average Bonchev–Trinajstić information content (AvgIpc) is 3.06. The molecule has 2 aromatic carbocycles. The van der Waals surface area contributed by atoms with Crippen LogP contribution in [0.1, 0.15) is 27.0 Å². The molecule has 1 aromatic heterocycles. The number of anilines is 2. The number of carbonyl (C=O) groups excluding carboxylic acids is 1. The molecule has 1 amide bonds. The third-order valence-electron chi connectivity index (χ3n) is 4.22. The van der Waals surface area contributed by atoms with Crippen LogP contribution in [-0.2, 0) is 24.5 Å². The summed E-state index contributed by atoms with van der Waals surface area (Å²) >= 11 is 0. The zero-order valence-electron chi connectivity index (χ0n) is 15.9. The van der Waals surface area contributed by atoms with Gasteiger partial charge in [-0.25, -0.2) is 12.7 Å². The van der Waals surface area contributed by atoms with E-state index in [0.29, 0.717) is 23.5 Å². The molecule has 0 aliphatic heterocycles. The first-order valence-corrected chi connectivity index (χ1v) is 9.85. The largest absolute Gasteiger partial charge is 0.348 e. The first kappa shape index (κ1) is 19.6. The Hall–Kier alpha value is -3.13. The van der Waals surface area contributed by atoms with Crippen LogP contribution in [0, 0.1) is 13.8 Å². The molecule has 8 heteroatoms. The summed E-state index contributed by atoms with van der Waals surface area (Å²) in [6.45, 7) is 4.10. The standard InChI is InChI=1S/C20H22N4O3S/c1-14-4-6-18(7-5-14)24(28(26)27)19-9-15(2)8-17(10-19)20(25)21-11-16-12-22-23(3)13-16/h4-10,12-13,28H,11H2,1-3H3,(H,21,25). The summed E-state index contributed by atoms with van der Waals surface area (Å²) in [4.78, 5) is 12.6. The van der Waals surface area contributed by atoms with E-state index in [4.69, 9.17) is 0 Å². The van der Waals surface area contributed by atoms with Gasteiger partial charge in [0.25, 0.3) is 5.91 Å². The summed E-state index contributed by atoms with van der Waals surface area (Å²) in [7, 11) is -1.11. The van der Waals surface area contributed by atoms with E-state index >= 15 is 0 Å². The molecule has 3 rings (SSSR count). The molecule has 0 bridgehead atoms. The third kappa shape index (κ3) is 4.58. The van der Waals surface area contributed by atoms with Gasteiger partial charge in [0.15, 0.2) is 0 Å². The van der Waals surface area contributed by atoms with Gasteiger partial charge in [0.2, 0.25) is 10.9 Å². The number of aryl methyl sites for hydroxylation is 3. The lowest BCUT2D eigenvalue weighted by molar-refractivity contribution is 0.0951. The Labute approximate surface area is 165 Å². The summed E-state index contributed by atoms with van der Waals surface area (Å²) < 4.78 is 26.8. The van der Waals surface area contributed by atoms with Crippen LogP contribution in [0.2, 0.25) is 0 Å². The van der Waals surface area contributed by atoms with Gasteiger partial charge in [-0.2, -0.15) is 5.10 Å². The van der Waals surface area contributed by atoms with Gasteiger partial charge in [-0.3, -0.25) is 9.48 Å². The molecule has 0 atom stereocenters. The monoisotopic (exact) mass is 398 g/mol. The highest BCUT2D eigenvalue weighted by Crippen LogP contribution is 2.28. The van der Waals surface area contributed by atoms with Gasteiger partial charge >= 0.3 is 0 Å². The van der Waals surface area contributed by atoms with E-state index in [9.17, 15) is 13.2 Å². The summed E-state index contributed by atoms with van der Waals surface area (Å²) in [5, 5.41) is 6.91. The molecule has 1 heterocycles. The first-order valence-electron chi connectivity index (χ1n) is 8.72.